The van der Waals surface area contributed by atoms with E-state index in [0.29, 0.717) is 11.5 Å². The Kier molecular flexibility index (Phi) is 39.4. The number of aliphatic carboxylic acids is 4. The van der Waals surface area contributed by atoms with Gasteiger partial charge in [-0.2, -0.15) is 0 Å². The van der Waals surface area contributed by atoms with E-state index in [4.69, 9.17) is 86.4 Å². The summed E-state index contributed by atoms with van der Waals surface area (Å²) in [5, 5.41) is 60.7. The number of ether oxygens (including phenoxy) is 18. The summed E-state index contributed by atoms with van der Waals surface area (Å²) in [6, 6.07) is 12.2. The maximum absolute atomic E-state index is 13.7. The zero-order valence-electron chi connectivity index (χ0n) is 72.8. The van der Waals surface area contributed by atoms with Gasteiger partial charge in [-0.15, -0.1) is 0 Å². The van der Waals surface area contributed by atoms with Crippen molar-refractivity contribution >= 4 is 131 Å². The number of aliphatic hydroxyl groups excluding tert-OH is 2. The van der Waals surface area contributed by atoms with Crippen LogP contribution in [0.4, 0.5) is 4.79 Å². The second-order valence-electron chi connectivity index (χ2n) is 30.4. The van der Waals surface area contributed by atoms with Gasteiger partial charge in [0.25, 0.3) is 0 Å². The van der Waals surface area contributed by atoms with Crippen molar-refractivity contribution in [3.05, 3.63) is 59.7 Å². The van der Waals surface area contributed by atoms with Crippen molar-refractivity contribution in [3.63, 3.8) is 0 Å². The average molecular weight is 1850 g/mol. The van der Waals surface area contributed by atoms with E-state index in [1.165, 1.54) is 41.9 Å². The van der Waals surface area contributed by atoms with Crippen LogP contribution in [0.3, 0.4) is 0 Å². The highest BCUT2D eigenvalue weighted by Gasteiger charge is 2.80. The third kappa shape index (κ3) is 27.4. The molecular formula is C81H101N3O46. The highest BCUT2D eigenvalue weighted by molar-refractivity contribution is 6.10. The number of nitrogens with one attached hydrogen (secondary N) is 3. The van der Waals surface area contributed by atoms with Gasteiger partial charge in [0.1, 0.15) is 23.7 Å². The van der Waals surface area contributed by atoms with Gasteiger partial charge in [0, 0.05) is 38.4 Å². The third-order valence-corrected chi connectivity index (χ3v) is 20.0. The number of rotatable bonds is 40. The Morgan fingerprint density at radius 2 is 0.638 bits per heavy atom. The number of para-hydroxylation sites is 2. The molecule has 4 aliphatic heterocycles. The van der Waals surface area contributed by atoms with Crippen LogP contribution in [0.2, 0.25) is 0 Å². The Labute approximate surface area is 738 Å². The fourth-order valence-electron chi connectivity index (χ4n) is 13.0. The molecule has 9 N–H and O–H groups in total. The first-order valence-corrected chi connectivity index (χ1v) is 39.7. The molecule has 0 aromatic heterocycles. The van der Waals surface area contributed by atoms with Crippen LogP contribution in [-0.2, 0) is 176 Å². The topological polar surface area (TPSA) is 699 Å². The summed E-state index contributed by atoms with van der Waals surface area (Å²) in [6.07, 6.45) is -23.2. The molecule has 0 radical (unpaired) electrons. The van der Waals surface area contributed by atoms with Gasteiger partial charge in [-0.3, -0.25) is 44.2 Å². The van der Waals surface area contributed by atoms with Crippen molar-refractivity contribution in [1.82, 2.24) is 16.0 Å². The second kappa shape index (κ2) is 47.7. The van der Waals surface area contributed by atoms with E-state index >= 15 is 0 Å². The van der Waals surface area contributed by atoms with Crippen molar-refractivity contribution in [1.29, 1.82) is 0 Å². The highest BCUT2D eigenvalue weighted by atomic mass is 16.7. The number of esters is 14. The summed E-state index contributed by atoms with van der Waals surface area (Å²) in [4.78, 5) is 267. The van der Waals surface area contributed by atoms with Crippen LogP contribution in [-0.4, -0.2) is 307 Å². The molecule has 0 bridgehead atoms. The predicted octanol–water partition coefficient (Wildman–Crippen LogP) is -1.71. The molecule has 130 heavy (non-hydrogen) atoms. The summed E-state index contributed by atoms with van der Waals surface area (Å²) in [5.74, 6) is -25.3. The van der Waals surface area contributed by atoms with Crippen molar-refractivity contribution in [2.75, 3.05) is 53.9 Å². The minimum atomic E-state index is -2.11. The molecule has 8 rings (SSSR count). The van der Waals surface area contributed by atoms with Crippen LogP contribution in [0.5, 0.6) is 11.5 Å². The van der Waals surface area contributed by atoms with E-state index in [0.717, 1.165) is 66.5 Å². The number of piperidine rings is 1. The van der Waals surface area contributed by atoms with Gasteiger partial charge in [-0.05, 0) is 92.5 Å². The zero-order valence-corrected chi connectivity index (χ0v) is 72.8. The Morgan fingerprint density at radius 1 is 0.362 bits per heavy atom. The maximum Gasteiger partial charge on any atom is 0.350 e. The van der Waals surface area contributed by atoms with Gasteiger partial charge in [0.15, 0.2) is 48.8 Å². The zero-order chi connectivity index (χ0) is 98.2. The molecule has 49 heteroatoms. The number of fused-ring (bicyclic) bond motifs is 12. The average Bonchev–Trinajstić information content (AvgIpc) is 0.660. The van der Waals surface area contributed by atoms with Gasteiger partial charge >= 0.3 is 113 Å². The van der Waals surface area contributed by atoms with E-state index in [2.05, 4.69) is 24.8 Å². The number of benzene rings is 2. The van der Waals surface area contributed by atoms with Crippen molar-refractivity contribution < 1.29 is 221 Å². The maximum atomic E-state index is 13.7. The number of carbonyl (C=O) groups is 22. The smallest absolute Gasteiger partial charge is 0.350 e. The minimum Gasteiger partial charge on any atom is -0.479 e. The lowest BCUT2D eigenvalue weighted by atomic mass is 9.39. The molecule has 18 atom stereocenters. The molecule has 2 aromatic rings. The molecule has 5 amide bonds. The van der Waals surface area contributed by atoms with Crippen molar-refractivity contribution in [2.24, 2.45) is 40.4 Å². The number of carboxylic acids is 4. The Balaban J connectivity index is 0.000000356. The fourth-order valence-corrected chi connectivity index (χ4v) is 13.0. The van der Waals surface area contributed by atoms with Crippen LogP contribution >= 0.6 is 0 Å². The number of aliphatic hydroxyl groups is 2. The molecule has 716 valence electrons. The van der Waals surface area contributed by atoms with Crippen molar-refractivity contribution in [3.8, 4) is 11.5 Å². The number of hydrogen-bond acceptors (Lipinski definition) is 42. The summed E-state index contributed by atoms with van der Waals surface area (Å²) in [5.41, 5.74) is -2.22. The van der Waals surface area contributed by atoms with E-state index in [1.54, 1.807) is 26.0 Å². The van der Waals surface area contributed by atoms with Crippen LogP contribution in [0.15, 0.2) is 48.5 Å². The monoisotopic (exact) mass is 1850 g/mol. The number of carboxylic acid groups (broad SMARTS) is 4. The quantitative estimate of drug-likeness (QED) is 0.0155. The molecule has 2 aromatic carbocycles. The summed E-state index contributed by atoms with van der Waals surface area (Å²) < 4.78 is 89.6. The number of methoxy groups -OCH3 is 2. The molecule has 49 nitrogen and oxygen atoms in total. The summed E-state index contributed by atoms with van der Waals surface area (Å²) in [6.45, 7) is 12.8. The molecule has 2 saturated carbocycles. The Hall–Kier alpha value is -13.3. The molecule has 0 spiro atoms. The number of imide groups is 2. The van der Waals surface area contributed by atoms with Gasteiger partial charge < -0.3 is 121 Å². The van der Waals surface area contributed by atoms with E-state index in [1.807, 2.05) is 41.7 Å². The summed E-state index contributed by atoms with van der Waals surface area (Å²) >= 11 is 0. The number of carbonyl (C=O) groups excluding carboxylic acids is 18. The second-order valence-corrected chi connectivity index (χ2v) is 30.4. The Bertz CT molecular complexity index is 4290. The first-order chi connectivity index (χ1) is 60.7. The van der Waals surface area contributed by atoms with Gasteiger partial charge in [-0.25, -0.2) is 71.9 Å². The molecule has 2 saturated heterocycles. The normalized spacial score (nSPS) is 22.4. The highest BCUT2D eigenvalue weighted by Crippen LogP contribution is 2.65. The number of amides is 5. The largest absolute Gasteiger partial charge is 0.479 e. The molecule has 4 heterocycles. The van der Waals surface area contributed by atoms with Gasteiger partial charge in [-0.1, -0.05) is 64.1 Å². The van der Waals surface area contributed by atoms with Gasteiger partial charge in [0.05, 0.1) is 80.2 Å². The van der Waals surface area contributed by atoms with Crippen molar-refractivity contribution in [2.45, 2.75) is 207 Å². The van der Waals surface area contributed by atoms with E-state index in [-0.39, 0.29) is 48.8 Å². The van der Waals surface area contributed by atoms with E-state index < -0.39 is 272 Å². The lowest BCUT2D eigenvalue weighted by Gasteiger charge is -2.68. The molecular weight excluding hydrogens is 1750 g/mol. The minimum absolute atomic E-state index is 0.136. The SMILES string of the molecule is CC(C)C(=O)OC(C)C(=O)OC(COCC12C(=O)NC(=O)NC1C1(COCC(OC(=O)C(C)OC(=O)C(C)O)C(=O)OC(C)C(=O)O)C(=O)NC(=O)CC12)C(=O)OC(C)C(=O)O.COCC(OC(=O)C(C)OC(=O)C(C)C)C(=O)OC(C)C(=O)O.COCC(OC(=O)C(C)OC(=O)C(C)O)C(=O)OC(C)C(=O)O.O=C1Oc2ccccc2C2C1C1c3ccccc3OC(=O)C21. The number of urea groups is 1. The molecule has 6 aliphatic rings. The molecule has 2 aliphatic carbocycles. The fraction of sp³-hybridized carbons (Fsp3) is 0.580. The Morgan fingerprint density at radius 3 is 0.923 bits per heavy atom. The third-order valence-electron chi connectivity index (χ3n) is 20.0. The first-order valence-electron chi connectivity index (χ1n) is 39.7. The van der Waals surface area contributed by atoms with Crippen LogP contribution in [0.1, 0.15) is 126 Å². The van der Waals surface area contributed by atoms with Crippen LogP contribution < -0.4 is 25.4 Å². The van der Waals surface area contributed by atoms with Crippen LogP contribution in [0.25, 0.3) is 0 Å². The lowest BCUT2D eigenvalue weighted by molar-refractivity contribution is -0.229. The standard InChI is InChI=1S/C36H47N3O23.C18H12O4.C14H22O9.C13H20O10/c1-13(2)25(46)59-17(6)27(48)61-19(29(50)57-15(4)23(42)43)10-56-12-36-21-8-22(41)37-32(52)35(21,31(36)38-34(54)39-33(36)53)11-55-9-20(30(51)58-16(5)24(44)45)62-28(49)18(7)60-26(47)14(3)40;19-17-15-13(9-5-1-3-7-11(9)21-17)16-14(15)10-6-2-4-8-12(10)22-18(16)20;1-7(2)12(17)22-9(4)13(18)23-10(6-20-5)14(19)21-8(3)11(15)16;1-6(14)11(17)22-8(3)12(18)23-9(5-20-4)13(19)21-7(2)10(15)16/h13-21,31,40H,8-12H2,1-7H3,(H,42,43)(H,44,45)(H,37,41,52)(H2,38,39,53,54);1-8,13-16H;7-10H,6H2,1-5H3,(H,15,16);6-9,14H,5H2,1-4H3,(H,15,16). The lowest BCUT2D eigenvalue weighted by Crippen LogP contribution is -2.88. The molecule has 18 unspecified atom stereocenters. The van der Waals surface area contributed by atoms with E-state index in [9.17, 15) is 121 Å². The van der Waals surface area contributed by atoms with Gasteiger partial charge in [0.2, 0.25) is 42.1 Å². The van der Waals surface area contributed by atoms with Crippen LogP contribution in [0, 0.1) is 40.4 Å². The molecule has 4 fully saturated rings. The summed E-state index contributed by atoms with van der Waals surface area (Å²) in [7, 11) is 2.49. The predicted molar refractivity (Wildman–Crippen MR) is 416 cm³/mol. The number of hydrogen-bond donors (Lipinski definition) is 9. The first kappa shape index (κ1) is 107.